The van der Waals surface area contributed by atoms with Gasteiger partial charge in [0.05, 0.1) is 17.7 Å². The third kappa shape index (κ3) is 3.34. The van der Waals surface area contributed by atoms with Gasteiger partial charge in [-0.25, -0.2) is 8.42 Å². The van der Waals surface area contributed by atoms with Crippen molar-refractivity contribution in [1.29, 1.82) is 0 Å². The first-order valence-electron chi connectivity index (χ1n) is 8.02. The lowest BCUT2D eigenvalue weighted by Gasteiger charge is -2.12. The van der Waals surface area contributed by atoms with Crippen molar-refractivity contribution in [3.63, 3.8) is 0 Å². The maximum Gasteiger partial charge on any atom is 0.263 e. The van der Waals surface area contributed by atoms with Crippen molar-refractivity contribution in [2.45, 2.75) is 32.6 Å². The van der Waals surface area contributed by atoms with Crippen molar-refractivity contribution in [1.82, 2.24) is 10.2 Å². The average molecular weight is 392 g/mol. The zero-order valence-corrected chi connectivity index (χ0v) is 16.9. The van der Waals surface area contributed by atoms with Gasteiger partial charge >= 0.3 is 0 Å². The molecule has 0 aliphatic heterocycles. The lowest BCUT2D eigenvalue weighted by Crippen LogP contribution is -2.14. The van der Waals surface area contributed by atoms with Gasteiger partial charge in [0.2, 0.25) is 0 Å². The van der Waals surface area contributed by atoms with Gasteiger partial charge in [-0.05, 0) is 57.0 Å². The van der Waals surface area contributed by atoms with E-state index in [1.165, 1.54) is 18.4 Å². The summed E-state index contributed by atoms with van der Waals surface area (Å²) in [5.74, 6) is 0.478. The van der Waals surface area contributed by atoms with Crippen LogP contribution in [0.25, 0.3) is 10.6 Å². The molecule has 3 rings (SSSR count). The third-order valence-electron chi connectivity index (χ3n) is 4.25. The molecule has 1 aromatic carbocycles. The monoisotopic (exact) mass is 391 g/mol. The van der Waals surface area contributed by atoms with E-state index in [-0.39, 0.29) is 4.90 Å². The normalized spacial score (nSPS) is 11.6. The van der Waals surface area contributed by atoms with E-state index in [1.54, 1.807) is 25.1 Å². The first-order chi connectivity index (χ1) is 12.2. The Morgan fingerprint density at radius 1 is 1.15 bits per heavy atom. The Bertz CT molecular complexity index is 1070. The number of benzene rings is 1. The van der Waals surface area contributed by atoms with Gasteiger partial charge in [-0.1, -0.05) is 6.07 Å². The van der Waals surface area contributed by atoms with Crippen molar-refractivity contribution in [2.24, 2.45) is 0 Å². The van der Waals surface area contributed by atoms with Gasteiger partial charge in [0.15, 0.2) is 0 Å². The average Bonchev–Trinajstić information content (AvgIpc) is 3.11. The number of thiophene rings is 1. The van der Waals surface area contributed by atoms with Crippen molar-refractivity contribution in [3.05, 3.63) is 46.0 Å². The van der Waals surface area contributed by atoms with E-state index in [1.807, 2.05) is 26.8 Å². The van der Waals surface area contributed by atoms with E-state index >= 15 is 0 Å². The number of aryl methyl sites for hydroxylation is 3. The highest BCUT2D eigenvalue weighted by atomic mass is 32.2. The number of hydrogen-bond donors (Lipinski definition) is 2. The number of aromatic nitrogens is 2. The maximum atomic E-state index is 12.9. The second-order valence-corrected chi connectivity index (χ2v) is 9.07. The molecule has 0 atom stereocenters. The minimum absolute atomic E-state index is 0.251. The Hall–Kier alpha value is -2.32. The fourth-order valence-corrected chi connectivity index (χ4v) is 5.38. The number of anilines is 1. The topological polar surface area (TPSA) is 84.1 Å². The first kappa shape index (κ1) is 18.5. The summed E-state index contributed by atoms with van der Waals surface area (Å²) >= 11 is 1.41. The van der Waals surface area contributed by atoms with Crippen LogP contribution in [-0.2, 0) is 10.0 Å². The number of nitrogens with zero attached hydrogens (tertiary/aromatic N) is 1. The summed E-state index contributed by atoms with van der Waals surface area (Å²) in [6, 6.07) is 7.04. The van der Waals surface area contributed by atoms with Crippen LogP contribution >= 0.6 is 11.3 Å². The molecule has 8 heteroatoms. The molecular formula is C18H21N3O3S2. The van der Waals surface area contributed by atoms with E-state index in [9.17, 15) is 8.42 Å². The van der Waals surface area contributed by atoms with Crippen LogP contribution in [-0.4, -0.2) is 25.7 Å². The summed E-state index contributed by atoms with van der Waals surface area (Å²) in [6.07, 6.45) is 0. The van der Waals surface area contributed by atoms with Crippen molar-refractivity contribution in [3.8, 4) is 16.3 Å². The molecule has 0 spiro atoms. The molecule has 0 aliphatic rings. The van der Waals surface area contributed by atoms with Gasteiger partial charge in [-0.15, -0.1) is 11.3 Å². The number of aromatic amines is 1. The minimum atomic E-state index is -3.74. The number of nitrogens with one attached hydrogen (secondary N) is 2. The molecule has 6 nitrogen and oxygen atoms in total. The molecular weight excluding hydrogens is 370 g/mol. The van der Waals surface area contributed by atoms with Crippen LogP contribution in [0.5, 0.6) is 5.75 Å². The number of hydrogen-bond acceptors (Lipinski definition) is 5. The van der Waals surface area contributed by atoms with E-state index < -0.39 is 10.0 Å². The molecule has 26 heavy (non-hydrogen) atoms. The highest BCUT2D eigenvalue weighted by molar-refractivity contribution is 7.93. The van der Waals surface area contributed by atoms with Crippen LogP contribution in [0.2, 0.25) is 0 Å². The largest absolute Gasteiger partial charge is 0.495 e. The van der Waals surface area contributed by atoms with Gasteiger partial charge in [-0.3, -0.25) is 9.82 Å². The number of methoxy groups -OCH3 is 1. The molecule has 2 N–H and O–H groups in total. The zero-order valence-electron chi connectivity index (χ0n) is 15.3. The molecule has 0 aliphatic carbocycles. The van der Waals surface area contributed by atoms with Crippen LogP contribution in [0.4, 0.5) is 5.69 Å². The number of H-pyrrole nitrogens is 1. The Labute approximate surface area is 157 Å². The van der Waals surface area contributed by atoms with Crippen LogP contribution in [0.15, 0.2) is 29.2 Å². The molecule has 0 amide bonds. The van der Waals surface area contributed by atoms with Gasteiger partial charge in [0.25, 0.3) is 10.0 Å². The summed E-state index contributed by atoms with van der Waals surface area (Å²) in [6.45, 7) is 7.60. The lowest BCUT2D eigenvalue weighted by molar-refractivity contribution is 0.417. The molecule has 0 unspecified atom stereocenters. The van der Waals surface area contributed by atoms with Gasteiger partial charge in [0, 0.05) is 10.6 Å². The van der Waals surface area contributed by atoms with Crippen molar-refractivity contribution < 1.29 is 13.2 Å². The lowest BCUT2D eigenvalue weighted by atomic mass is 10.2. The Kier molecular flexibility index (Phi) is 4.81. The second-order valence-electron chi connectivity index (χ2n) is 6.16. The fourth-order valence-electron chi connectivity index (χ4n) is 2.68. The standard InChI is InChI=1S/C18H21N3O3S2/c1-10-6-7-15(24-5)14(8-10)21-26(22,23)17-9-16(25-13(17)4)18-11(2)12(3)19-20-18/h6-9,21H,1-5H3,(H,19,20). The summed E-state index contributed by atoms with van der Waals surface area (Å²) in [5.41, 5.74) is 4.13. The second kappa shape index (κ2) is 6.77. The minimum Gasteiger partial charge on any atom is -0.495 e. The van der Waals surface area contributed by atoms with Crippen LogP contribution in [0.1, 0.15) is 21.7 Å². The molecule has 138 valence electrons. The molecule has 0 saturated carbocycles. The highest BCUT2D eigenvalue weighted by Gasteiger charge is 2.23. The molecule has 2 heterocycles. The number of sulfonamides is 1. The number of ether oxygens (including phenoxy) is 1. The molecule has 0 radical (unpaired) electrons. The smallest absolute Gasteiger partial charge is 0.263 e. The highest BCUT2D eigenvalue weighted by Crippen LogP contribution is 2.36. The van der Waals surface area contributed by atoms with E-state index in [0.29, 0.717) is 16.3 Å². The van der Waals surface area contributed by atoms with Crippen molar-refractivity contribution >= 4 is 27.0 Å². The molecule has 0 bridgehead atoms. The Morgan fingerprint density at radius 3 is 2.50 bits per heavy atom. The maximum absolute atomic E-state index is 12.9. The third-order valence-corrected chi connectivity index (χ3v) is 6.93. The predicted molar refractivity (Wildman–Crippen MR) is 105 cm³/mol. The zero-order chi connectivity index (χ0) is 19.1. The SMILES string of the molecule is COc1ccc(C)cc1NS(=O)(=O)c1cc(-c2n[nH]c(C)c2C)sc1C. The van der Waals surface area contributed by atoms with Crippen molar-refractivity contribution in [2.75, 3.05) is 11.8 Å². The van der Waals surface area contributed by atoms with Gasteiger partial charge in [0.1, 0.15) is 16.3 Å². The van der Waals surface area contributed by atoms with Crippen LogP contribution in [0, 0.1) is 27.7 Å². The van der Waals surface area contributed by atoms with Crippen LogP contribution < -0.4 is 9.46 Å². The predicted octanol–water partition coefficient (Wildman–Crippen LogP) is 4.18. The number of rotatable bonds is 5. The van der Waals surface area contributed by atoms with E-state index in [2.05, 4.69) is 14.9 Å². The van der Waals surface area contributed by atoms with Gasteiger partial charge < -0.3 is 4.74 Å². The summed E-state index contributed by atoms with van der Waals surface area (Å²) in [5, 5.41) is 7.23. The fraction of sp³-hybridized carbons (Fsp3) is 0.278. The molecule has 2 aromatic heterocycles. The molecule has 3 aromatic rings. The van der Waals surface area contributed by atoms with Gasteiger partial charge in [-0.2, -0.15) is 5.10 Å². The van der Waals surface area contributed by atoms with Crippen LogP contribution in [0.3, 0.4) is 0 Å². The molecule has 0 saturated heterocycles. The summed E-state index contributed by atoms with van der Waals surface area (Å²) in [4.78, 5) is 1.78. The summed E-state index contributed by atoms with van der Waals surface area (Å²) < 4.78 is 33.8. The first-order valence-corrected chi connectivity index (χ1v) is 10.3. The van der Waals surface area contributed by atoms with E-state index in [4.69, 9.17) is 4.74 Å². The Balaban J connectivity index is 2.01. The van der Waals surface area contributed by atoms with E-state index in [0.717, 1.165) is 27.4 Å². The Morgan fingerprint density at radius 2 is 1.88 bits per heavy atom. The quantitative estimate of drug-likeness (QED) is 0.683. The summed E-state index contributed by atoms with van der Waals surface area (Å²) in [7, 11) is -2.23. The molecule has 0 fully saturated rings.